The molecular weight excluding hydrogens is 270 g/mol. The van der Waals surface area contributed by atoms with E-state index in [1.807, 2.05) is 38.1 Å². The van der Waals surface area contributed by atoms with Crippen LogP contribution in [0, 0.1) is 0 Å². The molecule has 0 fully saturated rings. The highest BCUT2D eigenvalue weighted by Crippen LogP contribution is 2.14. The van der Waals surface area contributed by atoms with E-state index >= 15 is 0 Å². The average Bonchev–Trinajstić information content (AvgIpc) is 2.49. The van der Waals surface area contributed by atoms with E-state index in [2.05, 4.69) is 10.1 Å². The number of carbonyl (C=O) groups excluding carboxylic acids is 1. The van der Waals surface area contributed by atoms with Gasteiger partial charge < -0.3 is 19.9 Å². The van der Waals surface area contributed by atoms with Gasteiger partial charge in [0.25, 0.3) is 0 Å². The average molecular weight is 295 g/mol. The van der Waals surface area contributed by atoms with Crippen LogP contribution in [0.4, 0.5) is 0 Å². The van der Waals surface area contributed by atoms with Gasteiger partial charge in [0.15, 0.2) is 0 Å². The molecule has 0 aliphatic carbocycles. The third-order valence-electron chi connectivity index (χ3n) is 3.01. The predicted octanol–water partition coefficient (Wildman–Crippen LogP) is 1.53. The molecule has 0 amide bonds. The fraction of sp³-hybridized carbons (Fsp3) is 0.562. The second-order valence-corrected chi connectivity index (χ2v) is 5.23. The molecule has 0 aromatic heterocycles. The molecule has 0 aliphatic rings. The maximum absolute atomic E-state index is 11.1. The summed E-state index contributed by atoms with van der Waals surface area (Å²) in [4.78, 5) is 11.1. The van der Waals surface area contributed by atoms with Crippen molar-refractivity contribution in [1.82, 2.24) is 5.32 Å². The summed E-state index contributed by atoms with van der Waals surface area (Å²) in [5.41, 5.74) is 1.06. The third-order valence-corrected chi connectivity index (χ3v) is 3.01. The highest BCUT2D eigenvalue weighted by atomic mass is 16.5. The normalized spacial score (nSPS) is 12.2. The van der Waals surface area contributed by atoms with Gasteiger partial charge in [0.1, 0.15) is 12.4 Å². The zero-order chi connectivity index (χ0) is 15.7. The quantitative estimate of drug-likeness (QED) is 0.676. The van der Waals surface area contributed by atoms with E-state index in [-0.39, 0.29) is 18.6 Å². The van der Waals surface area contributed by atoms with Crippen LogP contribution >= 0.6 is 0 Å². The number of aliphatic hydroxyl groups is 1. The smallest absolute Gasteiger partial charge is 0.305 e. The number of hydrogen-bond donors (Lipinski definition) is 2. The van der Waals surface area contributed by atoms with Crippen LogP contribution in [0.1, 0.15) is 25.8 Å². The predicted molar refractivity (Wildman–Crippen MR) is 81.4 cm³/mol. The van der Waals surface area contributed by atoms with Crippen molar-refractivity contribution in [3.8, 4) is 5.75 Å². The van der Waals surface area contributed by atoms with Gasteiger partial charge in [-0.15, -0.1) is 0 Å². The number of carbonyl (C=O) groups is 1. The van der Waals surface area contributed by atoms with Crippen molar-refractivity contribution in [1.29, 1.82) is 0 Å². The Morgan fingerprint density at radius 3 is 2.48 bits per heavy atom. The second-order valence-electron chi connectivity index (χ2n) is 5.23. The summed E-state index contributed by atoms with van der Waals surface area (Å²) in [5.74, 6) is 0.543. The fourth-order valence-electron chi connectivity index (χ4n) is 1.92. The summed E-state index contributed by atoms with van der Waals surface area (Å²) in [6.07, 6.45) is 1.03. The summed E-state index contributed by atoms with van der Waals surface area (Å²) >= 11 is 0. The molecule has 118 valence electrons. The number of benzene rings is 1. The number of esters is 1. The van der Waals surface area contributed by atoms with Crippen molar-refractivity contribution in [3.05, 3.63) is 29.8 Å². The molecule has 21 heavy (non-hydrogen) atoms. The summed E-state index contributed by atoms with van der Waals surface area (Å²) < 4.78 is 10.3. The molecule has 1 atom stereocenters. The molecule has 0 aliphatic heterocycles. The van der Waals surface area contributed by atoms with Crippen molar-refractivity contribution in [2.75, 3.05) is 20.3 Å². The molecule has 1 unspecified atom stereocenters. The highest BCUT2D eigenvalue weighted by Gasteiger charge is 2.09. The van der Waals surface area contributed by atoms with Crippen LogP contribution in [0.3, 0.4) is 0 Å². The Morgan fingerprint density at radius 1 is 1.29 bits per heavy atom. The lowest BCUT2D eigenvalue weighted by atomic mass is 10.1. The van der Waals surface area contributed by atoms with E-state index in [1.54, 1.807) is 0 Å². The van der Waals surface area contributed by atoms with Gasteiger partial charge >= 0.3 is 5.97 Å². The molecule has 1 aromatic carbocycles. The van der Waals surface area contributed by atoms with Crippen molar-refractivity contribution in [3.63, 3.8) is 0 Å². The van der Waals surface area contributed by atoms with Gasteiger partial charge in [0.2, 0.25) is 0 Å². The van der Waals surface area contributed by atoms with E-state index in [1.165, 1.54) is 7.11 Å². The maximum Gasteiger partial charge on any atom is 0.305 e. The third kappa shape index (κ3) is 7.11. The molecule has 0 saturated heterocycles. The zero-order valence-corrected chi connectivity index (χ0v) is 13.0. The molecule has 5 nitrogen and oxygen atoms in total. The minimum absolute atomic E-state index is 0.0371. The minimum atomic E-state index is -0.208. The molecule has 1 rings (SSSR count). The van der Waals surface area contributed by atoms with E-state index in [9.17, 15) is 9.90 Å². The molecule has 5 heteroatoms. The minimum Gasteiger partial charge on any atom is -0.492 e. The van der Waals surface area contributed by atoms with Gasteiger partial charge in [0.05, 0.1) is 19.8 Å². The van der Waals surface area contributed by atoms with Gasteiger partial charge in [-0.1, -0.05) is 26.0 Å². The Labute approximate surface area is 126 Å². The van der Waals surface area contributed by atoms with Crippen molar-refractivity contribution in [2.45, 2.75) is 38.8 Å². The first-order valence-electron chi connectivity index (χ1n) is 7.20. The maximum atomic E-state index is 11.1. The zero-order valence-electron chi connectivity index (χ0n) is 13.0. The van der Waals surface area contributed by atoms with Crippen molar-refractivity contribution < 1.29 is 19.4 Å². The standard InChI is InChI=1S/C16H25NO4/c1-12(2)17-14(10-18)11-21-15-7-4-13(5-8-15)6-9-16(19)20-3/h4-5,7-8,12,14,17-18H,6,9-11H2,1-3H3. The van der Waals surface area contributed by atoms with E-state index in [4.69, 9.17) is 4.74 Å². The largest absolute Gasteiger partial charge is 0.492 e. The lowest BCUT2D eigenvalue weighted by Gasteiger charge is -2.19. The molecular formula is C16H25NO4. The van der Waals surface area contributed by atoms with E-state index in [0.29, 0.717) is 25.5 Å². The molecule has 0 bridgehead atoms. The lowest BCUT2D eigenvalue weighted by molar-refractivity contribution is -0.140. The first kappa shape index (κ1) is 17.5. The van der Waals surface area contributed by atoms with Crippen LogP contribution in [0.2, 0.25) is 0 Å². The molecule has 0 saturated carbocycles. The van der Waals surface area contributed by atoms with Crippen molar-refractivity contribution >= 4 is 5.97 Å². The number of nitrogens with one attached hydrogen (secondary N) is 1. The van der Waals surface area contributed by atoms with Crippen LogP contribution in [-0.4, -0.2) is 43.5 Å². The van der Waals surface area contributed by atoms with Crippen LogP contribution in [0.15, 0.2) is 24.3 Å². The molecule has 0 spiro atoms. The number of aliphatic hydroxyl groups excluding tert-OH is 1. The highest BCUT2D eigenvalue weighted by molar-refractivity contribution is 5.69. The lowest BCUT2D eigenvalue weighted by Crippen LogP contribution is -2.41. The SMILES string of the molecule is COC(=O)CCc1ccc(OCC(CO)NC(C)C)cc1. The Hall–Kier alpha value is -1.59. The van der Waals surface area contributed by atoms with Crippen LogP contribution in [0.5, 0.6) is 5.75 Å². The first-order valence-corrected chi connectivity index (χ1v) is 7.20. The Bertz CT molecular complexity index is 417. The van der Waals surface area contributed by atoms with Crippen molar-refractivity contribution in [2.24, 2.45) is 0 Å². The summed E-state index contributed by atoms with van der Waals surface area (Å²) in [5, 5.41) is 12.5. The topological polar surface area (TPSA) is 67.8 Å². The van der Waals surface area contributed by atoms with Gasteiger partial charge in [0, 0.05) is 12.5 Å². The Balaban J connectivity index is 2.41. The van der Waals surface area contributed by atoms with Gasteiger partial charge in [-0.2, -0.15) is 0 Å². The van der Waals surface area contributed by atoms with Gasteiger partial charge in [-0.3, -0.25) is 4.79 Å². The monoisotopic (exact) mass is 295 g/mol. The number of methoxy groups -OCH3 is 1. The van der Waals surface area contributed by atoms with Gasteiger partial charge in [-0.25, -0.2) is 0 Å². The second kappa shape index (κ2) is 9.37. The number of hydrogen-bond acceptors (Lipinski definition) is 5. The summed E-state index contributed by atoms with van der Waals surface area (Å²) in [6.45, 7) is 4.50. The van der Waals surface area contributed by atoms with Crippen LogP contribution in [0.25, 0.3) is 0 Å². The van der Waals surface area contributed by atoms with E-state index < -0.39 is 0 Å². The Kier molecular flexibility index (Phi) is 7.79. The first-order chi connectivity index (χ1) is 10.0. The number of rotatable bonds is 9. The molecule has 0 heterocycles. The Morgan fingerprint density at radius 2 is 1.95 bits per heavy atom. The number of ether oxygens (including phenoxy) is 2. The van der Waals surface area contributed by atoms with Crippen LogP contribution < -0.4 is 10.1 Å². The molecule has 1 aromatic rings. The molecule has 0 radical (unpaired) electrons. The van der Waals surface area contributed by atoms with Gasteiger partial charge in [-0.05, 0) is 24.1 Å². The van der Waals surface area contributed by atoms with Crippen LogP contribution in [-0.2, 0) is 16.0 Å². The summed E-state index contributed by atoms with van der Waals surface area (Å²) in [6, 6.07) is 7.83. The summed E-state index contributed by atoms with van der Waals surface area (Å²) in [7, 11) is 1.39. The van der Waals surface area contributed by atoms with E-state index in [0.717, 1.165) is 11.3 Å². The fourth-order valence-corrected chi connectivity index (χ4v) is 1.92. The molecule has 2 N–H and O–H groups in total. The number of aryl methyl sites for hydroxylation is 1.